The molecule has 4 rings (SSSR count). The van der Waals surface area contributed by atoms with E-state index in [4.69, 9.17) is 0 Å². The Bertz CT molecular complexity index is 1030. The predicted octanol–water partition coefficient (Wildman–Crippen LogP) is 3.66. The number of aromatic nitrogens is 4. The molecule has 3 heterocycles. The van der Waals surface area contributed by atoms with Crippen LogP contribution >= 0.6 is 0 Å². The Morgan fingerprint density at radius 2 is 2.17 bits per heavy atom. The summed E-state index contributed by atoms with van der Waals surface area (Å²) in [7, 11) is 5.70. The van der Waals surface area contributed by atoms with Crippen LogP contribution in [-0.2, 0) is 13.6 Å². The molecule has 0 fully saturated rings. The molecule has 0 aliphatic rings. The first-order valence-corrected chi connectivity index (χ1v) is 7.87. The van der Waals surface area contributed by atoms with Gasteiger partial charge in [-0.15, -0.1) is 6.54 Å². The molecule has 24 heavy (non-hydrogen) atoms. The van der Waals surface area contributed by atoms with Gasteiger partial charge in [-0.2, -0.15) is 7.05 Å². The average Bonchev–Trinajstić information content (AvgIpc) is 3.18. The third kappa shape index (κ3) is 2.23. The second kappa shape index (κ2) is 5.65. The molecule has 2 N–H and O–H groups in total. The van der Waals surface area contributed by atoms with E-state index in [0.717, 1.165) is 45.7 Å². The van der Waals surface area contributed by atoms with Gasteiger partial charge in [0.05, 0.1) is 11.8 Å². The van der Waals surface area contributed by atoms with Gasteiger partial charge in [-0.1, -0.05) is 29.8 Å². The number of pyridine rings is 1. The van der Waals surface area contributed by atoms with Gasteiger partial charge in [-0.05, 0) is 11.6 Å². The molecular formula is C18H19N6-. The van der Waals surface area contributed by atoms with Crippen LogP contribution in [0.25, 0.3) is 38.6 Å². The maximum Gasteiger partial charge on any atom is 0.156 e. The van der Waals surface area contributed by atoms with Gasteiger partial charge in [-0.25, -0.2) is 9.97 Å². The van der Waals surface area contributed by atoms with E-state index in [0.29, 0.717) is 0 Å². The van der Waals surface area contributed by atoms with E-state index < -0.39 is 0 Å². The van der Waals surface area contributed by atoms with Gasteiger partial charge in [0.1, 0.15) is 11.2 Å². The number of fused-ring (bicyclic) bond motifs is 3. The molecule has 0 radical (unpaired) electrons. The molecule has 3 aromatic heterocycles. The van der Waals surface area contributed by atoms with Gasteiger partial charge in [0.2, 0.25) is 0 Å². The number of anilines is 1. The first kappa shape index (κ1) is 14.7. The van der Waals surface area contributed by atoms with Crippen molar-refractivity contribution in [2.75, 3.05) is 19.4 Å². The molecule has 0 amide bonds. The maximum atomic E-state index is 4.68. The smallest absolute Gasteiger partial charge is 0.156 e. The van der Waals surface area contributed by atoms with Crippen LogP contribution in [0.4, 0.5) is 5.82 Å². The molecule has 0 aliphatic carbocycles. The van der Waals surface area contributed by atoms with Crippen molar-refractivity contribution < 1.29 is 0 Å². The van der Waals surface area contributed by atoms with Crippen LogP contribution in [0.2, 0.25) is 0 Å². The normalized spacial score (nSPS) is 11.5. The summed E-state index contributed by atoms with van der Waals surface area (Å²) in [6.45, 7) is 0.724. The fraction of sp³-hybridized carbons (Fsp3) is 0.222. The standard InChI is InChI=1S/C18H19N6/c1-19-9-11-5-4-6-12(7-11)14-8-13-16-15(21-10-24(16)3)18(20-2)23-17(13)22-14/h4-8,10H,9H2,1-3H3,(H2,20,22,23)/q-1. The first-order chi connectivity index (χ1) is 11.7. The molecule has 0 unspecified atom stereocenters. The zero-order valence-corrected chi connectivity index (χ0v) is 14.0. The highest BCUT2D eigenvalue weighted by Gasteiger charge is 2.15. The van der Waals surface area contributed by atoms with Crippen molar-refractivity contribution in [3.63, 3.8) is 0 Å². The third-order valence-electron chi connectivity index (χ3n) is 4.25. The second-order valence-corrected chi connectivity index (χ2v) is 5.88. The van der Waals surface area contributed by atoms with Gasteiger partial charge in [0.25, 0.3) is 0 Å². The van der Waals surface area contributed by atoms with E-state index in [1.54, 1.807) is 0 Å². The van der Waals surface area contributed by atoms with Gasteiger partial charge in [-0.3, -0.25) is 0 Å². The number of H-pyrrole nitrogens is 1. The van der Waals surface area contributed by atoms with E-state index in [9.17, 15) is 0 Å². The van der Waals surface area contributed by atoms with Crippen LogP contribution in [0.15, 0.2) is 36.7 Å². The number of aromatic amines is 1. The van der Waals surface area contributed by atoms with Crippen molar-refractivity contribution in [2.45, 2.75) is 6.54 Å². The number of aryl methyl sites for hydroxylation is 1. The van der Waals surface area contributed by atoms with Crippen LogP contribution in [0.1, 0.15) is 5.56 Å². The number of hydrogen-bond donors (Lipinski definition) is 2. The van der Waals surface area contributed by atoms with Crippen molar-refractivity contribution in [2.24, 2.45) is 7.05 Å². The highest BCUT2D eigenvalue weighted by Crippen LogP contribution is 2.31. The van der Waals surface area contributed by atoms with Gasteiger partial charge in [0.15, 0.2) is 5.82 Å². The number of benzene rings is 1. The Morgan fingerprint density at radius 3 is 2.96 bits per heavy atom. The molecule has 0 bridgehead atoms. The first-order valence-electron chi connectivity index (χ1n) is 7.87. The number of hydrogen-bond acceptors (Lipinski definition) is 3. The van der Waals surface area contributed by atoms with Crippen molar-refractivity contribution in [3.8, 4) is 11.3 Å². The molecule has 0 saturated heterocycles. The van der Waals surface area contributed by atoms with Crippen LogP contribution in [0.5, 0.6) is 0 Å². The number of nitrogens with zero attached hydrogens (tertiary/aromatic N) is 4. The number of nitrogens with one attached hydrogen (secondary N) is 2. The van der Waals surface area contributed by atoms with Crippen molar-refractivity contribution >= 4 is 27.9 Å². The molecule has 0 aliphatic heterocycles. The van der Waals surface area contributed by atoms with E-state index in [1.165, 1.54) is 5.56 Å². The molecule has 1 aromatic carbocycles. The Balaban J connectivity index is 1.94. The Hall–Kier alpha value is -2.86. The molecular weight excluding hydrogens is 300 g/mol. The highest BCUT2D eigenvalue weighted by molar-refractivity contribution is 6.07. The quantitative estimate of drug-likeness (QED) is 0.603. The van der Waals surface area contributed by atoms with E-state index in [-0.39, 0.29) is 0 Å². The summed E-state index contributed by atoms with van der Waals surface area (Å²) >= 11 is 0. The van der Waals surface area contributed by atoms with E-state index in [1.807, 2.05) is 32.0 Å². The van der Waals surface area contributed by atoms with Crippen LogP contribution in [0.3, 0.4) is 0 Å². The summed E-state index contributed by atoms with van der Waals surface area (Å²) in [5.41, 5.74) is 6.20. The maximum absolute atomic E-state index is 4.68. The summed E-state index contributed by atoms with van der Waals surface area (Å²) in [5, 5.41) is 8.41. The van der Waals surface area contributed by atoms with E-state index >= 15 is 0 Å². The second-order valence-electron chi connectivity index (χ2n) is 5.88. The fourth-order valence-electron chi connectivity index (χ4n) is 3.15. The Morgan fingerprint density at radius 1 is 1.29 bits per heavy atom. The van der Waals surface area contributed by atoms with Crippen molar-refractivity contribution in [1.29, 1.82) is 0 Å². The van der Waals surface area contributed by atoms with Crippen LogP contribution in [0, 0.1) is 0 Å². The molecule has 0 atom stereocenters. The largest absolute Gasteiger partial charge is 0.661 e. The topological polar surface area (TPSA) is 72.6 Å². The summed E-state index contributed by atoms with van der Waals surface area (Å²) < 4.78 is 2.03. The van der Waals surface area contributed by atoms with Gasteiger partial charge in [0, 0.05) is 25.2 Å². The average molecular weight is 319 g/mol. The third-order valence-corrected chi connectivity index (χ3v) is 4.25. The fourth-order valence-corrected chi connectivity index (χ4v) is 3.15. The zero-order chi connectivity index (χ0) is 16.7. The van der Waals surface area contributed by atoms with E-state index in [2.05, 4.69) is 55.9 Å². The summed E-state index contributed by atoms with van der Waals surface area (Å²) in [6, 6.07) is 10.6. The lowest BCUT2D eigenvalue weighted by molar-refractivity contribution is 0.951. The number of rotatable bonds is 4. The zero-order valence-electron chi connectivity index (χ0n) is 14.0. The van der Waals surface area contributed by atoms with Crippen LogP contribution in [-0.4, -0.2) is 33.6 Å². The van der Waals surface area contributed by atoms with Crippen molar-refractivity contribution in [3.05, 3.63) is 47.5 Å². The lowest BCUT2D eigenvalue weighted by atomic mass is 10.1. The van der Waals surface area contributed by atoms with Crippen LogP contribution < -0.4 is 5.32 Å². The molecule has 4 aromatic rings. The molecule has 0 saturated carbocycles. The van der Waals surface area contributed by atoms with Gasteiger partial charge < -0.3 is 20.2 Å². The lowest BCUT2D eigenvalue weighted by Gasteiger charge is -2.11. The molecule has 6 nitrogen and oxygen atoms in total. The van der Waals surface area contributed by atoms with Gasteiger partial charge >= 0.3 is 0 Å². The lowest BCUT2D eigenvalue weighted by Crippen LogP contribution is -1.95. The Kier molecular flexibility index (Phi) is 3.46. The highest BCUT2D eigenvalue weighted by atomic mass is 15.1. The summed E-state index contributed by atoms with van der Waals surface area (Å²) in [6.07, 6.45) is 1.82. The number of imidazole rings is 1. The predicted molar refractivity (Wildman–Crippen MR) is 98.3 cm³/mol. The SMILES string of the molecule is C[N-]Cc1cccc(-c2cc3c(nc(NC)c4ncn(C)c43)[nH]2)c1. The Labute approximate surface area is 139 Å². The molecule has 122 valence electrons. The minimum Gasteiger partial charge on any atom is -0.661 e. The summed E-state index contributed by atoms with van der Waals surface area (Å²) in [5.74, 6) is 0.782. The molecule has 6 heteroatoms. The monoisotopic (exact) mass is 319 g/mol. The summed E-state index contributed by atoms with van der Waals surface area (Å²) in [4.78, 5) is 12.6. The minimum atomic E-state index is 0.724. The van der Waals surface area contributed by atoms with Crippen molar-refractivity contribution in [1.82, 2.24) is 19.5 Å². The minimum absolute atomic E-state index is 0.724. The molecule has 0 spiro atoms.